The monoisotopic (exact) mass is 267 g/mol. The molecule has 2 rings (SSSR count). The van der Waals surface area contributed by atoms with Crippen LogP contribution in [0.5, 0.6) is 0 Å². The molecule has 0 saturated heterocycles. The number of anilines is 1. The summed E-state index contributed by atoms with van der Waals surface area (Å²) in [5.74, 6) is 5.02. The summed E-state index contributed by atoms with van der Waals surface area (Å²) in [6.45, 7) is 1.40. The third-order valence-electron chi connectivity index (χ3n) is 2.36. The van der Waals surface area contributed by atoms with Gasteiger partial charge >= 0.3 is 0 Å². The third-order valence-corrected chi connectivity index (χ3v) is 3.20. The Morgan fingerprint density at radius 1 is 1.28 bits per heavy atom. The second kappa shape index (κ2) is 5.85. The van der Waals surface area contributed by atoms with Gasteiger partial charge in [0.15, 0.2) is 0 Å². The summed E-state index contributed by atoms with van der Waals surface area (Å²) in [6, 6.07) is 6.48. The van der Waals surface area contributed by atoms with Crippen LogP contribution >= 0.6 is 11.3 Å². The fourth-order valence-corrected chi connectivity index (χ4v) is 2.29. The average Bonchev–Trinajstić information content (AvgIpc) is 2.79. The van der Waals surface area contributed by atoms with Gasteiger partial charge in [-0.1, -0.05) is 23.5 Å². The van der Waals surface area contributed by atoms with E-state index in [4.69, 9.17) is 5.84 Å². The zero-order chi connectivity index (χ0) is 13.0. The number of rotatable bonds is 5. The molecule has 2 aromatic rings. The molecule has 7 heteroatoms. The van der Waals surface area contributed by atoms with Gasteiger partial charge in [0.25, 0.3) is 0 Å². The number of hydrogen-bond acceptors (Lipinski definition) is 6. The lowest BCUT2D eigenvalue weighted by Gasteiger charge is -2.14. The molecule has 0 spiro atoms. The molecule has 1 heterocycles. The number of halogens is 1. The molecule has 0 bridgehead atoms. The van der Waals surface area contributed by atoms with Crippen molar-refractivity contribution in [2.75, 3.05) is 12.5 Å². The highest BCUT2D eigenvalue weighted by atomic mass is 32.1. The van der Waals surface area contributed by atoms with Gasteiger partial charge in [0, 0.05) is 6.54 Å². The van der Waals surface area contributed by atoms with Gasteiger partial charge in [0.05, 0.1) is 6.54 Å². The standard InChI is InChI=1S/C11H14FN5S/c1-17(6-8-2-4-9(12)5-3-8)7-10-15-16-11(14-13)18-10/h2-5H,6-7,13H2,1H3,(H,14,16). The second-order valence-corrected chi connectivity index (χ2v) is 5.01. The van der Waals surface area contributed by atoms with Gasteiger partial charge < -0.3 is 0 Å². The Morgan fingerprint density at radius 3 is 2.61 bits per heavy atom. The average molecular weight is 267 g/mol. The molecule has 0 amide bonds. The Morgan fingerprint density at radius 2 is 2.00 bits per heavy atom. The normalized spacial score (nSPS) is 10.9. The molecule has 5 nitrogen and oxygen atoms in total. The highest BCUT2D eigenvalue weighted by molar-refractivity contribution is 7.15. The van der Waals surface area contributed by atoms with Gasteiger partial charge in [-0.15, -0.1) is 10.2 Å². The van der Waals surface area contributed by atoms with E-state index in [-0.39, 0.29) is 5.82 Å². The highest BCUT2D eigenvalue weighted by Crippen LogP contribution is 2.16. The molecule has 0 unspecified atom stereocenters. The van der Waals surface area contributed by atoms with Gasteiger partial charge in [0.1, 0.15) is 10.8 Å². The number of aromatic nitrogens is 2. The maximum atomic E-state index is 12.8. The second-order valence-electron chi connectivity index (χ2n) is 3.94. The number of benzene rings is 1. The van der Waals surface area contributed by atoms with Crippen molar-refractivity contribution in [1.29, 1.82) is 0 Å². The SMILES string of the molecule is CN(Cc1ccc(F)cc1)Cc1nnc(NN)s1. The van der Waals surface area contributed by atoms with Crippen LogP contribution in [0, 0.1) is 5.82 Å². The van der Waals surface area contributed by atoms with Crippen molar-refractivity contribution in [3.05, 3.63) is 40.7 Å². The molecule has 1 aromatic heterocycles. The van der Waals surface area contributed by atoms with E-state index in [0.29, 0.717) is 11.7 Å². The molecule has 0 saturated carbocycles. The van der Waals surface area contributed by atoms with Gasteiger partial charge in [-0.3, -0.25) is 10.3 Å². The number of nitrogen functional groups attached to an aromatic ring is 1. The molecular weight excluding hydrogens is 253 g/mol. The van der Waals surface area contributed by atoms with Crippen LogP contribution in [0.4, 0.5) is 9.52 Å². The predicted molar refractivity (Wildman–Crippen MR) is 69.3 cm³/mol. The van der Waals surface area contributed by atoms with Crippen LogP contribution in [-0.2, 0) is 13.1 Å². The summed E-state index contributed by atoms with van der Waals surface area (Å²) in [6.07, 6.45) is 0. The minimum Gasteiger partial charge on any atom is -0.298 e. The molecule has 0 aliphatic rings. The van der Waals surface area contributed by atoms with E-state index in [2.05, 4.69) is 20.5 Å². The summed E-state index contributed by atoms with van der Waals surface area (Å²) in [5, 5.41) is 9.35. The Balaban J connectivity index is 1.91. The van der Waals surface area contributed by atoms with Crippen LogP contribution in [0.15, 0.2) is 24.3 Å². The zero-order valence-electron chi connectivity index (χ0n) is 9.93. The van der Waals surface area contributed by atoms with Gasteiger partial charge in [-0.05, 0) is 24.7 Å². The van der Waals surface area contributed by atoms with Crippen LogP contribution in [-0.4, -0.2) is 22.1 Å². The smallest absolute Gasteiger partial charge is 0.219 e. The van der Waals surface area contributed by atoms with Gasteiger partial charge in [-0.2, -0.15) is 0 Å². The van der Waals surface area contributed by atoms with Crippen LogP contribution < -0.4 is 11.3 Å². The maximum Gasteiger partial charge on any atom is 0.219 e. The molecule has 18 heavy (non-hydrogen) atoms. The van der Waals surface area contributed by atoms with E-state index in [1.54, 1.807) is 12.1 Å². The Kier molecular flexibility index (Phi) is 4.19. The summed E-state index contributed by atoms with van der Waals surface area (Å²) >= 11 is 1.41. The van der Waals surface area contributed by atoms with Crippen LogP contribution in [0.2, 0.25) is 0 Å². The van der Waals surface area contributed by atoms with Crippen LogP contribution in [0.25, 0.3) is 0 Å². The Bertz CT molecular complexity index is 498. The first-order chi connectivity index (χ1) is 8.67. The lowest BCUT2D eigenvalue weighted by Crippen LogP contribution is -2.17. The third kappa shape index (κ3) is 3.46. The van der Waals surface area contributed by atoms with E-state index in [0.717, 1.165) is 17.1 Å². The first kappa shape index (κ1) is 12.9. The fraction of sp³-hybridized carbons (Fsp3) is 0.273. The summed E-state index contributed by atoms with van der Waals surface area (Å²) < 4.78 is 12.8. The number of hydrazine groups is 1. The number of hydrogen-bond donors (Lipinski definition) is 2. The van der Waals surface area contributed by atoms with Crippen molar-refractivity contribution >= 4 is 16.5 Å². The number of nitrogens with two attached hydrogens (primary N) is 1. The Hall–Kier alpha value is -1.57. The summed E-state index contributed by atoms with van der Waals surface area (Å²) in [5.41, 5.74) is 3.52. The lowest BCUT2D eigenvalue weighted by molar-refractivity contribution is 0.317. The molecule has 96 valence electrons. The van der Waals surface area contributed by atoms with Crippen LogP contribution in [0.1, 0.15) is 10.6 Å². The first-order valence-electron chi connectivity index (χ1n) is 5.39. The number of nitrogens with one attached hydrogen (secondary N) is 1. The summed E-state index contributed by atoms with van der Waals surface area (Å²) in [4.78, 5) is 2.08. The topological polar surface area (TPSA) is 67.1 Å². The molecule has 0 atom stereocenters. The maximum absolute atomic E-state index is 12.8. The van der Waals surface area contributed by atoms with Crippen LogP contribution in [0.3, 0.4) is 0 Å². The molecule has 0 aliphatic heterocycles. The minimum atomic E-state index is -0.218. The van der Waals surface area contributed by atoms with E-state index in [9.17, 15) is 4.39 Å². The van der Waals surface area contributed by atoms with E-state index >= 15 is 0 Å². The van der Waals surface area contributed by atoms with Crippen molar-refractivity contribution < 1.29 is 4.39 Å². The lowest BCUT2D eigenvalue weighted by atomic mass is 10.2. The van der Waals surface area contributed by atoms with Gasteiger partial charge in [-0.25, -0.2) is 10.2 Å². The summed E-state index contributed by atoms with van der Waals surface area (Å²) in [7, 11) is 1.97. The fourth-order valence-electron chi connectivity index (χ4n) is 1.56. The predicted octanol–water partition coefficient (Wildman–Crippen LogP) is 1.59. The Labute approximate surface area is 108 Å². The quantitative estimate of drug-likeness (QED) is 0.636. The van der Waals surface area contributed by atoms with Crippen molar-refractivity contribution in [2.24, 2.45) is 5.84 Å². The molecule has 0 fully saturated rings. The number of nitrogens with zero attached hydrogens (tertiary/aromatic N) is 3. The van der Waals surface area contributed by atoms with Crippen molar-refractivity contribution in [3.8, 4) is 0 Å². The molecule has 1 aromatic carbocycles. The highest BCUT2D eigenvalue weighted by Gasteiger charge is 2.07. The zero-order valence-corrected chi connectivity index (χ0v) is 10.7. The largest absolute Gasteiger partial charge is 0.298 e. The molecular formula is C11H14FN5S. The molecule has 0 aliphatic carbocycles. The molecule has 0 radical (unpaired) electrons. The van der Waals surface area contributed by atoms with Crippen molar-refractivity contribution in [1.82, 2.24) is 15.1 Å². The minimum absolute atomic E-state index is 0.218. The van der Waals surface area contributed by atoms with E-state index in [1.165, 1.54) is 23.5 Å². The molecule has 3 N–H and O–H groups in total. The first-order valence-corrected chi connectivity index (χ1v) is 6.21. The van der Waals surface area contributed by atoms with Crippen molar-refractivity contribution in [3.63, 3.8) is 0 Å². The van der Waals surface area contributed by atoms with Crippen molar-refractivity contribution in [2.45, 2.75) is 13.1 Å². The van der Waals surface area contributed by atoms with Gasteiger partial charge in [0.2, 0.25) is 5.13 Å². The van der Waals surface area contributed by atoms with E-state index in [1.807, 2.05) is 7.05 Å². The van der Waals surface area contributed by atoms with E-state index < -0.39 is 0 Å².